The number of carboxylic acids is 1. The van der Waals surface area contributed by atoms with E-state index in [0.29, 0.717) is 12.5 Å². The minimum Gasteiger partial charge on any atom is -0.481 e. The molecule has 0 atom stereocenters. The first-order valence-corrected chi connectivity index (χ1v) is 5.79. The predicted octanol–water partition coefficient (Wildman–Crippen LogP) is 1.26. The molecule has 1 heterocycles. The highest BCUT2D eigenvalue weighted by molar-refractivity contribution is 5.66. The minimum atomic E-state index is -0.714. The molecule has 2 N–H and O–H groups in total. The second-order valence-electron chi connectivity index (χ2n) is 4.12. The van der Waals surface area contributed by atoms with Gasteiger partial charge in [0.05, 0.1) is 0 Å². The standard InChI is InChI=1S/C11H21NO3/c13-11(14)3-1-2-8-15-9-10-4-6-12-7-5-10/h10,12H,1-9H2,(H,13,14). The Bertz CT molecular complexity index is 179. The van der Waals surface area contributed by atoms with Gasteiger partial charge in [0.2, 0.25) is 0 Å². The zero-order chi connectivity index (χ0) is 10.9. The Morgan fingerprint density at radius 3 is 2.73 bits per heavy atom. The molecule has 0 aromatic rings. The lowest BCUT2D eigenvalue weighted by atomic mass is 9.99. The molecule has 1 aliphatic heterocycles. The van der Waals surface area contributed by atoms with E-state index in [1.54, 1.807) is 0 Å². The highest BCUT2D eigenvalue weighted by Crippen LogP contribution is 2.11. The Balaban J connectivity index is 1.85. The highest BCUT2D eigenvalue weighted by atomic mass is 16.5. The number of carboxylic acid groups (broad SMARTS) is 1. The number of piperidine rings is 1. The Hall–Kier alpha value is -0.610. The van der Waals surface area contributed by atoms with Crippen LogP contribution in [0.3, 0.4) is 0 Å². The van der Waals surface area contributed by atoms with Gasteiger partial charge in [-0.3, -0.25) is 4.79 Å². The number of ether oxygens (including phenoxy) is 1. The summed E-state index contributed by atoms with van der Waals surface area (Å²) in [5.41, 5.74) is 0. The molecular formula is C11H21NO3. The molecule has 0 aromatic heterocycles. The Kier molecular flexibility index (Phi) is 6.36. The van der Waals surface area contributed by atoms with Crippen LogP contribution in [0.25, 0.3) is 0 Å². The van der Waals surface area contributed by atoms with E-state index >= 15 is 0 Å². The molecule has 4 nitrogen and oxygen atoms in total. The lowest BCUT2D eigenvalue weighted by Gasteiger charge is -2.22. The number of carbonyl (C=O) groups is 1. The topological polar surface area (TPSA) is 58.6 Å². The van der Waals surface area contributed by atoms with Crippen molar-refractivity contribution in [1.29, 1.82) is 0 Å². The number of hydrogen-bond acceptors (Lipinski definition) is 3. The van der Waals surface area contributed by atoms with E-state index < -0.39 is 5.97 Å². The van der Waals surface area contributed by atoms with Crippen molar-refractivity contribution in [3.05, 3.63) is 0 Å². The summed E-state index contributed by atoms with van der Waals surface area (Å²) in [7, 11) is 0. The van der Waals surface area contributed by atoms with Gasteiger partial charge in [-0.05, 0) is 44.7 Å². The maximum absolute atomic E-state index is 10.2. The third-order valence-electron chi connectivity index (χ3n) is 2.74. The van der Waals surface area contributed by atoms with Gasteiger partial charge in [0.25, 0.3) is 0 Å². The van der Waals surface area contributed by atoms with Gasteiger partial charge in [-0.2, -0.15) is 0 Å². The summed E-state index contributed by atoms with van der Waals surface area (Å²) in [4.78, 5) is 10.2. The Morgan fingerprint density at radius 1 is 1.33 bits per heavy atom. The van der Waals surface area contributed by atoms with Crippen LogP contribution in [-0.4, -0.2) is 37.4 Å². The fourth-order valence-corrected chi connectivity index (χ4v) is 1.78. The predicted molar refractivity (Wildman–Crippen MR) is 57.9 cm³/mol. The van der Waals surface area contributed by atoms with Crippen LogP contribution < -0.4 is 5.32 Å². The largest absolute Gasteiger partial charge is 0.481 e. The van der Waals surface area contributed by atoms with Gasteiger partial charge >= 0.3 is 5.97 Å². The summed E-state index contributed by atoms with van der Waals surface area (Å²) in [5.74, 6) is -0.0147. The van der Waals surface area contributed by atoms with Crippen LogP contribution in [0.2, 0.25) is 0 Å². The zero-order valence-corrected chi connectivity index (χ0v) is 9.21. The average Bonchev–Trinajstić information content (AvgIpc) is 2.24. The maximum Gasteiger partial charge on any atom is 0.303 e. The van der Waals surface area contributed by atoms with Crippen molar-refractivity contribution in [3.8, 4) is 0 Å². The van der Waals surface area contributed by atoms with E-state index in [4.69, 9.17) is 9.84 Å². The van der Waals surface area contributed by atoms with Crippen LogP contribution in [0.5, 0.6) is 0 Å². The van der Waals surface area contributed by atoms with E-state index in [0.717, 1.165) is 32.5 Å². The van der Waals surface area contributed by atoms with Crippen molar-refractivity contribution < 1.29 is 14.6 Å². The number of aliphatic carboxylic acids is 1. The summed E-state index contributed by atoms with van der Waals surface area (Å²) < 4.78 is 5.53. The van der Waals surface area contributed by atoms with Gasteiger partial charge in [-0.1, -0.05) is 0 Å². The van der Waals surface area contributed by atoms with Crippen molar-refractivity contribution in [2.24, 2.45) is 5.92 Å². The second kappa shape index (κ2) is 7.65. The molecule has 0 spiro atoms. The van der Waals surface area contributed by atoms with Crippen molar-refractivity contribution in [1.82, 2.24) is 5.32 Å². The number of unbranched alkanes of at least 4 members (excludes halogenated alkanes) is 1. The average molecular weight is 215 g/mol. The summed E-state index contributed by atoms with van der Waals surface area (Å²) in [5, 5.41) is 11.7. The first-order valence-electron chi connectivity index (χ1n) is 5.79. The molecule has 0 amide bonds. The number of nitrogens with one attached hydrogen (secondary N) is 1. The molecule has 1 fully saturated rings. The quantitative estimate of drug-likeness (QED) is 0.628. The van der Waals surface area contributed by atoms with Crippen molar-refractivity contribution in [2.75, 3.05) is 26.3 Å². The zero-order valence-electron chi connectivity index (χ0n) is 9.21. The molecule has 1 saturated heterocycles. The molecule has 0 saturated carbocycles. The van der Waals surface area contributed by atoms with Crippen LogP contribution in [0, 0.1) is 5.92 Å². The SMILES string of the molecule is O=C(O)CCCCOCC1CCNCC1. The molecule has 1 rings (SSSR count). The van der Waals surface area contributed by atoms with Gasteiger partial charge in [-0.15, -0.1) is 0 Å². The molecule has 0 radical (unpaired) electrons. The molecular weight excluding hydrogens is 194 g/mol. The van der Waals surface area contributed by atoms with Crippen molar-refractivity contribution in [2.45, 2.75) is 32.1 Å². The fourth-order valence-electron chi connectivity index (χ4n) is 1.78. The van der Waals surface area contributed by atoms with E-state index in [2.05, 4.69) is 5.32 Å². The maximum atomic E-state index is 10.2. The van der Waals surface area contributed by atoms with E-state index in [1.165, 1.54) is 12.8 Å². The summed E-state index contributed by atoms with van der Waals surface area (Å²) in [6, 6.07) is 0. The van der Waals surface area contributed by atoms with E-state index in [1.807, 2.05) is 0 Å². The van der Waals surface area contributed by atoms with E-state index in [9.17, 15) is 4.79 Å². The summed E-state index contributed by atoms with van der Waals surface area (Å²) in [6.07, 6.45) is 4.25. The van der Waals surface area contributed by atoms with E-state index in [-0.39, 0.29) is 6.42 Å². The fraction of sp³-hybridized carbons (Fsp3) is 0.909. The number of rotatable bonds is 7. The summed E-state index contributed by atoms with van der Waals surface area (Å²) >= 11 is 0. The molecule has 0 bridgehead atoms. The van der Waals surface area contributed by atoms with Gasteiger partial charge < -0.3 is 15.2 Å². The smallest absolute Gasteiger partial charge is 0.303 e. The van der Waals surface area contributed by atoms with Crippen LogP contribution >= 0.6 is 0 Å². The minimum absolute atomic E-state index is 0.261. The monoisotopic (exact) mass is 215 g/mol. The molecule has 4 heteroatoms. The van der Waals surface area contributed by atoms with Crippen molar-refractivity contribution in [3.63, 3.8) is 0 Å². The van der Waals surface area contributed by atoms with Crippen LogP contribution in [-0.2, 0) is 9.53 Å². The van der Waals surface area contributed by atoms with Gasteiger partial charge in [0, 0.05) is 19.6 Å². The molecule has 0 unspecified atom stereocenters. The van der Waals surface area contributed by atoms with Crippen LogP contribution in [0.4, 0.5) is 0 Å². The highest BCUT2D eigenvalue weighted by Gasteiger charge is 2.12. The Labute approximate surface area is 91.0 Å². The number of hydrogen-bond donors (Lipinski definition) is 2. The molecule has 88 valence electrons. The Morgan fingerprint density at radius 2 is 2.07 bits per heavy atom. The molecule has 0 aromatic carbocycles. The van der Waals surface area contributed by atoms with Gasteiger partial charge in [0.1, 0.15) is 0 Å². The second-order valence-corrected chi connectivity index (χ2v) is 4.12. The summed E-state index contributed by atoms with van der Waals surface area (Å²) in [6.45, 7) is 3.76. The third kappa shape index (κ3) is 6.47. The lowest BCUT2D eigenvalue weighted by Crippen LogP contribution is -2.30. The van der Waals surface area contributed by atoms with Crippen LogP contribution in [0.15, 0.2) is 0 Å². The molecule has 15 heavy (non-hydrogen) atoms. The third-order valence-corrected chi connectivity index (χ3v) is 2.74. The van der Waals surface area contributed by atoms with Gasteiger partial charge in [0.15, 0.2) is 0 Å². The lowest BCUT2D eigenvalue weighted by molar-refractivity contribution is -0.137. The first kappa shape index (κ1) is 12.5. The molecule has 1 aliphatic rings. The van der Waals surface area contributed by atoms with Gasteiger partial charge in [-0.25, -0.2) is 0 Å². The van der Waals surface area contributed by atoms with Crippen LogP contribution in [0.1, 0.15) is 32.1 Å². The molecule has 0 aliphatic carbocycles. The van der Waals surface area contributed by atoms with Crippen molar-refractivity contribution >= 4 is 5.97 Å². The normalized spacial score (nSPS) is 17.9. The first-order chi connectivity index (χ1) is 7.29.